The average molecular weight is 331 g/mol. The van der Waals surface area contributed by atoms with Gasteiger partial charge in [-0.25, -0.2) is 0 Å². The van der Waals surface area contributed by atoms with Gasteiger partial charge >= 0.3 is 0 Å². The lowest BCUT2D eigenvalue weighted by Gasteiger charge is -2.17. The van der Waals surface area contributed by atoms with Crippen molar-refractivity contribution in [1.82, 2.24) is 0 Å². The quantitative estimate of drug-likeness (QED) is 0.421. The highest BCUT2D eigenvalue weighted by atomic mass is 32.2. The number of rotatable bonds is 5. The van der Waals surface area contributed by atoms with Gasteiger partial charge in [0.1, 0.15) is 13.6 Å². The predicted molar refractivity (Wildman–Crippen MR) is 105 cm³/mol. The maximum absolute atomic E-state index is 5.77. The first kappa shape index (κ1) is 16.5. The average Bonchev–Trinajstić information content (AvgIpc) is 2.85. The molecular weight excluding hydrogens is 313 g/mol. The van der Waals surface area contributed by atoms with Crippen LogP contribution in [0.2, 0.25) is 0 Å². The summed E-state index contributed by atoms with van der Waals surface area (Å²) in [5.74, 6) is 0.810. The first-order chi connectivity index (χ1) is 11.7. The summed E-state index contributed by atoms with van der Waals surface area (Å²) >= 11 is 1.30. The van der Waals surface area contributed by atoms with E-state index >= 15 is 0 Å². The number of benzene rings is 2. The Balaban J connectivity index is 1.60. The zero-order valence-corrected chi connectivity index (χ0v) is 14.4. The third kappa shape index (κ3) is 4.36. The Kier molecular flexibility index (Phi) is 5.49. The second-order valence-corrected chi connectivity index (χ2v) is 6.31. The van der Waals surface area contributed by atoms with Gasteiger partial charge in [-0.3, -0.25) is 4.31 Å². The Morgan fingerprint density at radius 3 is 2.38 bits per heavy atom. The van der Waals surface area contributed by atoms with Crippen molar-refractivity contribution in [2.75, 3.05) is 11.4 Å². The molecule has 2 radical (unpaired) electrons. The molecule has 2 aromatic rings. The maximum Gasteiger partial charge on any atom is 0.179 e. The molecule has 0 aliphatic heterocycles. The summed E-state index contributed by atoms with van der Waals surface area (Å²) < 4.78 is 7.76. The van der Waals surface area contributed by atoms with Crippen LogP contribution >= 0.6 is 12.2 Å². The van der Waals surface area contributed by atoms with E-state index in [1.54, 1.807) is 0 Å². The Bertz CT molecular complexity index is 766. The summed E-state index contributed by atoms with van der Waals surface area (Å²) in [6.45, 7) is 0. The van der Waals surface area contributed by atoms with Crippen LogP contribution in [-0.2, 0) is 4.18 Å². The second kappa shape index (κ2) is 7.98. The van der Waals surface area contributed by atoms with E-state index in [0.717, 1.165) is 23.3 Å². The molecule has 4 heteroatoms. The molecule has 3 rings (SSSR count). The second-order valence-electron chi connectivity index (χ2n) is 5.45. The molecule has 0 unspecified atom stereocenters. The van der Waals surface area contributed by atoms with Gasteiger partial charge in [0.05, 0.1) is 0 Å². The molecule has 2 aromatic carbocycles. The van der Waals surface area contributed by atoms with Gasteiger partial charge in [0.15, 0.2) is 12.2 Å². The number of nitrogens with zero attached hydrogens (tertiary/aromatic N) is 1. The summed E-state index contributed by atoms with van der Waals surface area (Å²) in [7, 11) is 7.76. The van der Waals surface area contributed by atoms with Crippen molar-refractivity contribution in [2.24, 2.45) is 0 Å². The Hall–Kier alpha value is -2.33. The van der Waals surface area contributed by atoms with Crippen molar-refractivity contribution in [3.63, 3.8) is 0 Å². The third-order valence-electron chi connectivity index (χ3n) is 3.70. The highest BCUT2D eigenvalue weighted by molar-refractivity contribution is 7.96. The summed E-state index contributed by atoms with van der Waals surface area (Å²) in [6.07, 6.45) is 8.50. The molecule has 0 amide bonds. The van der Waals surface area contributed by atoms with E-state index in [0.29, 0.717) is 0 Å². The van der Waals surface area contributed by atoms with E-state index in [1.807, 2.05) is 41.7 Å². The number of anilines is 1. The van der Waals surface area contributed by atoms with Crippen LogP contribution in [0.3, 0.4) is 0 Å². The molecule has 2 nitrogen and oxygen atoms in total. The highest BCUT2D eigenvalue weighted by Crippen LogP contribution is 2.27. The molecule has 0 aromatic heterocycles. The van der Waals surface area contributed by atoms with Gasteiger partial charge in [0.25, 0.3) is 0 Å². The van der Waals surface area contributed by atoms with Gasteiger partial charge in [-0.2, -0.15) is 0 Å². The normalized spacial score (nSPS) is 13.7. The molecular formula is C20H18BNOS. The fourth-order valence-corrected chi connectivity index (χ4v) is 2.85. The van der Waals surface area contributed by atoms with Gasteiger partial charge < -0.3 is 4.18 Å². The van der Waals surface area contributed by atoms with E-state index < -0.39 is 0 Å². The van der Waals surface area contributed by atoms with Crippen molar-refractivity contribution in [2.45, 2.75) is 6.42 Å². The molecule has 0 fully saturated rings. The highest BCUT2D eigenvalue weighted by Gasteiger charge is 2.06. The van der Waals surface area contributed by atoms with E-state index in [2.05, 4.69) is 48.5 Å². The van der Waals surface area contributed by atoms with Crippen molar-refractivity contribution in [1.29, 1.82) is 0 Å². The molecule has 0 atom stereocenters. The molecule has 0 heterocycles. The number of hydrogen-bond donors (Lipinski definition) is 0. The summed E-state index contributed by atoms with van der Waals surface area (Å²) in [6, 6.07) is 18.8. The first-order valence-corrected chi connectivity index (χ1v) is 8.50. The fraction of sp³-hybridized carbons (Fsp3) is 0.100. The topological polar surface area (TPSA) is 12.5 Å². The predicted octanol–water partition coefficient (Wildman–Crippen LogP) is 5.27. The van der Waals surface area contributed by atoms with E-state index in [9.17, 15) is 0 Å². The number of hydrogen-bond acceptors (Lipinski definition) is 3. The zero-order chi connectivity index (χ0) is 16.8. The summed E-state index contributed by atoms with van der Waals surface area (Å²) in [5, 5.41) is 0. The van der Waals surface area contributed by atoms with Crippen LogP contribution in [-0.4, -0.2) is 14.9 Å². The van der Waals surface area contributed by atoms with Gasteiger partial charge in [-0.15, -0.1) is 5.47 Å². The Labute approximate surface area is 149 Å². The van der Waals surface area contributed by atoms with Crippen LogP contribution in [0.1, 0.15) is 6.42 Å². The van der Waals surface area contributed by atoms with Crippen LogP contribution in [0.5, 0.6) is 0 Å². The molecule has 24 heavy (non-hydrogen) atoms. The van der Waals surface area contributed by atoms with Crippen LogP contribution in [0.15, 0.2) is 90.1 Å². The van der Waals surface area contributed by atoms with E-state index in [4.69, 9.17) is 12.0 Å². The monoisotopic (exact) mass is 331 g/mol. The van der Waals surface area contributed by atoms with Crippen LogP contribution < -0.4 is 4.31 Å². The fourth-order valence-electron chi connectivity index (χ4n) is 2.32. The minimum absolute atomic E-state index is 0.764. The molecule has 118 valence electrons. The first-order valence-electron chi connectivity index (χ1n) is 7.80. The molecule has 0 saturated carbocycles. The molecule has 0 saturated heterocycles. The van der Waals surface area contributed by atoms with Crippen molar-refractivity contribution in [3.05, 3.63) is 90.1 Å². The van der Waals surface area contributed by atoms with Crippen LogP contribution in [0.4, 0.5) is 5.69 Å². The molecule has 1 aliphatic carbocycles. The maximum atomic E-state index is 5.77. The molecule has 0 spiro atoms. The third-order valence-corrected chi connectivity index (χ3v) is 4.40. The van der Waals surface area contributed by atoms with Gasteiger partial charge in [0, 0.05) is 12.7 Å². The molecule has 1 aliphatic rings. The van der Waals surface area contributed by atoms with Gasteiger partial charge in [-0.05, 0) is 41.8 Å². The zero-order valence-electron chi connectivity index (χ0n) is 13.6. The Morgan fingerprint density at radius 2 is 1.62 bits per heavy atom. The van der Waals surface area contributed by atoms with Gasteiger partial charge in [-0.1, -0.05) is 54.6 Å². The lowest BCUT2D eigenvalue weighted by atomic mass is 9.95. The molecule has 0 bridgehead atoms. The van der Waals surface area contributed by atoms with Crippen molar-refractivity contribution < 1.29 is 4.18 Å². The lowest BCUT2D eigenvalue weighted by Crippen LogP contribution is -2.06. The minimum atomic E-state index is 0.764. The lowest BCUT2D eigenvalue weighted by molar-refractivity contribution is 0.518. The smallest absolute Gasteiger partial charge is 0.179 e. The van der Waals surface area contributed by atoms with E-state index in [-0.39, 0.29) is 0 Å². The standard InChI is InChI=1S/C20H18BNOS/c1-22(24-23-20-9-5-8-18(21)12-15-20)19-13-10-17(11-14-19)16-6-3-2-4-7-16/h2-4,6-15H,5H2,1H3. The summed E-state index contributed by atoms with van der Waals surface area (Å²) in [5.41, 5.74) is 4.26. The van der Waals surface area contributed by atoms with Crippen LogP contribution in [0, 0.1) is 0 Å². The summed E-state index contributed by atoms with van der Waals surface area (Å²) in [4.78, 5) is 0. The minimum Gasteiger partial charge on any atom is -0.406 e. The number of allylic oxidation sites excluding steroid dienone is 5. The van der Waals surface area contributed by atoms with Crippen molar-refractivity contribution >= 4 is 25.8 Å². The van der Waals surface area contributed by atoms with Gasteiger partial charge in [0.2, 0.25) is 0 Å². The SMILES string of the molecule is [B]C1=CCC=C(OSN(C)c2ccc(-c3ccccc3)cc2)C=C1. The van der Waals surface area contributed by atoms with Crippen LogP contribution in [0.25, 0.3) is 11.1 Å². The van der Waals surface area contributed by atoms with E-state index in [1.165, 1.54) is 23.4 Å². The molecule has 0 N–H and O–H groups in total. The Morgan fingerprint density at radius 1 is 0.917 bits per heavy atom. The largest absolute Gasteiger partial charge is 0.406 e. The van der Waals surface area contributed by atoms with Crippen molar-refractivity contribution in [3.8, 4) is 11.1 Å².